The molecule has 0 aromatic rings. The van der Waals surface area contributed by atoms with E-state index >= 15 is 0 Å². The van der Waals surface area contributed by atoms with Crippen LogP contribution in [0.4, 0.5) is 0 Å². The van der Waals surface area contributed by atoms with E-state index in [0.29, 0.717) is 31.8 Å². The fourth-order valence-electron chi connectivity index (χ4n) is 5.10. The van der Waals surface area contributed by atoms with Crippen LogP contribution in [-0.2, 0) is 69.0 Å². The van der Waals surface area contributed by atoms with E-state index in [1.165, 1.54) is 0 Å². The maximum absolute atomic E-state index is 13.3. The summed E-state index contributed by atoms with van der Waals surface area (Å²) in [6.45, 7) is 1.12. The molecule has 1 aliphatic rings. The summed E-state index contributed by atoms with van der Waals surface area (Å²) in [5.74, 6) is 12.1. The third kappa shape index (κ3) is 24.2. The van der Waals surface area contributed by atoms with E-state index in [0.717, 1.165) is 0 Å². The highest BCUT2D eigenvalue weighted by Gasteiger charge is 2.32. The highest BCUT2D eigenvalue weighted by molar-refractivity contribution is 8.09. The van der Waals surface area contributed by atoms with Crippen molar-refractivity contribution >= 4 is 47.8 Å². The molecule has 0 aromatic carbocycles. The second-order valence-electron chi connectivity index (χ2n) is 12.2. The Balaban J connectivity index is 2.86. The van der Waals surface area contributed by atoms with Crippen LogP contribution < -0.4 is 44.3 Å². The van der Waals surface area contributed by atoms with Crippen LogP contribution in [0.3, 0.4) is 0 Å². The van der Waals surface area contributed by atoms with E-state index in [9.17, 15) is 28.9 Å². The van der Waals surface area contributed by atoms with Gasteiger partial charge in [-0.15, -0.1) is 0 Å². The van der Waals surface area contributed by atoms with E-state index in [1.807, 2.05) is 0 Å². The minimum absolute atomic E-state index is 0.0293. The summed E-state index contributed by atoms with van der Waals surface area (Å²) in [4.78, 5) is 88.7. The molecule has 21 nitrogen and oxygen atoms in total. The lowest BCUT2D eigenvalue weighted by atomic mass is 9.86. The molecule has 1 saturated carbocycles. The van der Waals surface area contributed by atoms with Crippen LogP contribution in [0.15, 0.2) is 0 Å². The van der Waals surface area contributed by atoms with Crippen LogP contribution in [0.5, 0.6) is 0 Å². The van der Waals surface area contributed by atoms with E-state index in [-0.39, 0.29) is 123 Å². The summed E-state index contributed by atoms with van der Waals surface area (Å²) < 4.78 is 21.6. The van der Waals surface area contributed by atoms with Crippen LogP contribution in [0, 0.1) is 5.92 Å². The molecule has 12 N–H and O–H groups in total. The number of ether oxygens (including phenoxy) is 3. The van der Waals surface area contributed by atoms with Gasteiger partial charge in [0.05, 0.1) is 65.6 Å². The highest BCUT2D eigenvalue weighted by atomic mass is 32.5. The number of nitrogens with one attached hydrogen (secondary N) is 5. The Kier molecular flexibility index (Phi) is 28.2. The maximum atomic E-state index is 13.3. The minimum Gasteiger partial charge on any atom is -0.377 e. The van der Waals surface area contributed by atoms with Crippen molar-refractivity contribution in [3.8, 4) is 0 Å². The number of carbonyl (C=O) groups excluding carboxylic acids is 5. The Morgan fingerprint density at radius 1 is 0.667 bits per heavy atom. The maximum Gasteiger partial charge on any atom is 0.242 e. The van der Waals surface area contributed by atoms with Crippen molar-refractivity contribution in [2.24, 2.45) is 23.6 Å². The van der Waals surface area contributed by atoms with Crippen LogP contribution in [0.1, 0.15) is 58.3 Å². The van der Waals surface area contributed by atoms with Gasteiger partial charge in [-0.25, -0.2) is 17.7 Å². The quantitative estimate of drug-likeness (QED) is 0.0192. The van der Waals surface area contributed by atoms with Crippen LogP contribution in [0.2, 0.25) is 0 Å². The van der Waals surface area contributed by atoms with Crippen molar-refractivity contribution in [1.29, 1.82) is 0 Å². The Labute approximate surface area is 321 Å². The highest BCUT2D eigenvalue weighted by Crippen LogP contribution is 2.45. The number of nitrogens with two attached hydrogens (primary N) is 3. The van der Waals surface area contributed by atoms with Gasteiger partial charge in [-0.3, -0.25) is 24.0 Å². The van der Waals surface area contributed by atoms with Gasteiger partial charge in [-0.2, -0.15) is 0 Å². The zero-order chi connectivity index (χ0) is 40.0. The van der Waals surface area contributed by atoms with Crippen LogP contribution in [-0.4, -0.2) is 138 Å². The van der Waals surface area contributed by atoms with Crippen molar-refractivity contribution in [1.82, 2.24) is 26.6 Å². The van der Waals surface area contributed by atoms with Gasteiger partial charge in [0.25, 0.3) is 0 Å². The molecule has 1 aliphatic carbocycles. The fraction of sp³-hybridized carbons (Fsp3) is 0.839. The molecule has 23 heteroatoms. The molecule has 0 aliphatic heterocycles. The zero-order valence-corrected chi connectivity index (χ0v) is 32.8. The smallest absolute Gasteiger partial charge is 0.242 e. The van der Waals surface area contributed by atoms with Gasteiger partial charge in [0.15, 0.2) is 6.49 Å². The van der Waals surface area contributed by atoms with Gasteiger partial charge >= 0.3 is 0 Å². The average molecular weight is 817 g/mol. The number of amides is 5. The number of carbonyl (C=O) groups is 5. The third-order valence-corrected chi connectivity index (χ3v) is 10.5. The van der Waals surface area contributed by atoms with E-state index in [1.54, 1.807) is 6.92 Å². The predicted molar refractivity (Wildman–Crippen MR) is 198 cm³/mol. The Bertz CT molecular complexity index is 1140. The van der Waals surface area contributed by atoms with Gasteiger partial charge in [0.2, 0.25) is 29.5 Å². The number of hydrogen-bond acceptors (Lipinski definition) is 16. The van der Waals surface area contributed by atoms with Gasteiger partial charge in [-0.05, 0) is 50.3 Å². The molecule has 1 fully saturated rings. The Hall–Kier alpha value is -2.44. The molecule has 0 heterocycles. The summed E-state index contributed by atoms with van der Waals surface area (Å²) >= 11 is 5.14. The SMILES string of the molecule is CCP(O)(=S)OC1CCC(C(=O)NC(CCC(=O)NC(CCC(=O)NCCOCCON)C(=O)NCCOCCON)C(=O)NCCOCCON)CC1. The fourth-order valence-corrected chi connectivity index (χ4v) is 6.29. The van der Waals surface area contributed by atoms with E-state index < -0.39 is 42.2 Å². The number of rotatable bonds is 32. The van der Waals surface area contributed by atoms with E-state index in [2.05, 4.69) is 41.1 Å². The standard InChI is InChI=1S/C31H61N8O13PS/c1-2-53(45,54)52-24-5-3-23(4-6-24)29(42)39-26(31(44)37-13-16-48-19-22-51-34)8-10-28(41)38-25(30(43)36-12-15-47-18-21-50-33)7-9-27(40)35-11-14-46-17-20-49-32/h23-26H,2-22,32-34H2,1H3,(H,35,40)(H,36,43)(H,37,44)(H,38,41)(H,39,42)(H,45,54). The lowest BCUT2D eigenvalue weighted by molar-refractivity contribution is -0.133. The molecule has 0 saturated heterocycles. The van der Waals surface area contributed by atoms with Crippen molar-refractivity contribution in [3.05, 3.63) is 0 Å². The first-order chi connectivity index (χ1) is 26.0. The second kappa shape index (κ2) is 30.7. The number of hydrogen-bond donors (Lipinski definition) is 9. The van der Waals surface area contributed by atoms with Crippen LogP contribution in [0.25, 0.3) is 0 Å². The van der Waals surface area contributed by atoms with Gasteiger partial charge in [0, 0.05) is 44.6 Å². The molecule has 5 amide bonds. The first kappa shape index (κ1) is 49.6. The largest absolute Gasteiger partial charge is 0.377 e. The normalized spacial score (nSPS) is 17.8. The molecule has 0 spiro atoms. The molecule has 0 radical (unpaired) electrons. The molecule has 0 bridgehead atoms. The third-order valence-electron chi connectivity index (χ3n) is 8.06. The van der Waals surface area contributed by atoms with Crippen molar-refractivity contribution < 1.29 is 62.1 Å². The molecule has 0 aromatic heterocycles. The first-order valence-corrected chi connectivity index (χ1v) is 20.9. The summed E-state index contributed by atoms with van der Waals surface area (Å²) in [6, 6.07) is -2.18. The van der Waals surface area contributed by atoms with Gasteiger partial charge in [-0.1, -0.05) is 6.92 Å². The van der Waals surface area contributed by atoms with Crippen molar-refractivity contribution in [2.75, 3.05) is 85.3 Å². The van der Waals surface area contributed by atoms with Crippen molar-refractivity contribution in [3.63, 3.8) is 0 Å². The molecular weight excluding hydrogens is 755 g/mol. The molecule has 314 valence electrons. The molecule has 1 rings (SSSR count). The second-order valence-corrected chi connectivity index (χ2v) is 16.0. The summed E-state index contributed by atoms with van der Waals surface area (Å²) in [6.07, 6.45) is 1.64. The van der Waals surface area contributed by atoms with Crippen LogP contribution >= 0.6 is 6.49 Å². The van der Waals surface area contributed by atoms with Crippen molar-refractivity contribution in [2.45, 2.75) is 76.5 Å². The summed E-state index contributed by atoms with van der Waals surface area (Å²) in [5.41, 5.74) is 0. The lowest BCUT2D eigenvalue weighted by Crippen LogP contribution is -2.51. The zero-order valence-electron chi connectivity index (χ0n) is 31.1. The monoisotopic (exact) mass is 816 g/mol. The molecule has 3 unspecified atom stereocenters. The summed E-state index contributed by atoms with van der Waals surface area (Å²) in [5, 5.41) is 13.5. The topological polar surface area (TPSA) is 308 Å². The molecule has 3 atom stereocenters. The predicted octanol–water partition coefficient (Wildman–Crippen LogP) is -2.52. The first-order valence-electron chi connectivity index (χ1n) is 18.1. The molecule has 54 heavy (non-hydrogen) atoms. The average Bonchev–Trinajstić information content (AvgIpc) is 3.15. The minimum atomic E-state index is -2.86. The Morgan fingerprint density at radius 2 is 1.11 bits per heavy atom. The van der Waals surface area contributed by atoms with E-state index in [4.69, 9.17) is 48.2 Å². The lowest BCUT2D eigenvalue weighted by Gasteiger charge is -2.31. The molecular formula is C31H61N8O13PS. The summed E-state index contributed by atoms with van der Waals surface area (Å²) in [7, 11) is 0. The van der Waals surface area contributed by atoms with Gasteiger partial charge < -0.3 is 64.7 Å². The van der Waals surface area contributed by atoms with Gasteiger partial charge in [0.1, 0.15) is 12.1 Å². The Morgan fingerprint density at radius 3 is 1.57 bits per heavy atom.